The lowest BCUT2D eigenvalue weighted by Gasteiger charge is -2.27. The molecular weight excluding hydrogens is 364 g/mol. The van der Waals surface area contributed by atoms with Crippen molar-refractivity contribution in [2.45, 2.75) is 47.5 Å². The third-order valence-corrected chi connectivity index (χ3v) is 6.28. The van der Waals surface area contributed by atoms with Crippen LogP contribution in [-0.4, -0.2) is 16.2 Å². The molecule has 3 aromatic carbocycles. The topological polar surface area (TPSA) is 66.8 Å². The first-order chi connectivity index (χ1) is 13.5. The lowest BCUT2D eigenvalue weighted by atomic mass is 9.79. The average molecular weight is 392 g/mol. The molecule has 4 heteroatoms. The van der Waals surface area contributed by atoms with Crippen LogP contribution in [0, 0.1) is 16.2 Å². The zero-order valence-corrected chi connectivity index (χ0v) is 17.7. The summed E-state index contributed by atoms with van der Waals surface area (Å²) in [4.78, 5) is 13.5. The third kappa shape index (κ3) is 3.11. The first kappa shape index (κ1) is 19.6. The number of rotatable bonds is 3. The van der Waals surface area contributed by atoms with E-state index in [0.717, 1.165) is 23.6 Å². The van der Waals surface area contributed by atoms with E-state index in [1.165, 1.54) is 6.07 Å². The van der Waals surface area contributed by atoms with Gasteiger partial charge >= 0.3 is 5.97 Å². The molecule has 4 rings (SSSR count). The van der Waals surface area contributed by atoms with Gasteiger partial charge in [0.1, 0.15) is 5.75 Å². The van der Waals surface area contributed by atoms with E-state index < -0.39 is 5.41 Å². The first-order valence-corrected chi connectivity index (χ1v) is 10.0. The number of esters is 1. The van der Waals surface area contributed by atoms with Crippen molar-refractivity contribution in [3.8, 4) is 17.2 Å². The number of fused-ring (bicyclic) bond motifs is 2. The lowest BCUT2D eigenvalue weighted by Crippen LogP contribution is -2.30. The molecule has 1 saturated carbocycles. The van der Waals surface area contributed by atoms with Crippen LogP contribution in [0.1, 0.15) is 47.5 Å². The van der Waals surface area contributed by atoms with Gasteiger partial charge in [-0.15, -0.1) is 0 Å². The molecule has 0 spiro atoms. The Morgan fingerprint density at radius 1 is 1.03 bits per heavy atom. The monoisotopic (exact) mass is 392 g/mol. The second kappa shape index (κ2) is 6.12. The van der Waals surface area contributed by atoms with E-state index in [1.54, 1.807) is 6.07 Å². The van der Waals surface area contributed by atoms with Crippen molar-refractivity contribution < 1.29 is 19.7 Å². The summed E-state index contributed by atoms with van der Waals surface area (Å²) < 4.78 is 6.11. The fourth-order valence-corrected chi connectivity index (χ4v) is 4.71. The summed E-state index contributed by atoms with van der Waals surface area (Å²) in [5.41, 5.74) is -0.636. The molecule has 1 fully saturated rings. The van der Waals surface area contributed by atoms with E-state index in [0.29, 0.717) is 16.5 Å². The van der Waals surface area contributed by atoms with Gasteiger partial charge in [-0.25, -0.2) is 0 Å². The van der Waals surface area contributed by atoms with Crippen LogP contribution in [0.2, 0.25) is 0 Å². The highest BCUT2D eigenvalue weighted by Crippen LogP contribution is 2.68. The van der Waals surface area contributed by atoms with Gasteiger partial charge in [-0.3, -0.25) is 4.79 Å². The summed E-state index contributed by atoms with van der Waals surface area (Å²) in [7, 11) is 0. The summed E-state index contributed by atoms with van der Waals surface area (Å²) in [6, 6.07) is 12.5. The molecule has 1 atom stereocenters. The van der Waals surface area contributed by atoms with Crippen molar-refractivity contribution in [2.24, 2.45) is 16.2 Å². The molecule has 0 aliphatic heterocycles. The molecule has 0 bridgehead atoms. The van der Waals surface area contributed by atoms with Crippen molar-refractivity contribution in [1.29, 1.82) is 0 Å². The molecule has 3 aromatic rings. The van der Waals surface area contributed by atoms with Crippen molar-refractivity contribution in [1.82, 2.24) is 0 Å². The summed E-state index contributed by atoms with van der Waals surface area (Å²) in [6.45, 7) is 10.7. The molecule has 152 valence electrons. The zero-order chi connectivity index (χ0) is 21.2. The minimum Gasteiger partial charge on any atom is -0.504 e. The summed E-state index contributed by atoms with van der Waals surface area (Å²) in [5.74, 6) is -0.184. The molecular formula is C25H28O4. The summed E-state index contributed by atoms with van der Waals surface area (Å²) in [5, 5.41) is 23.1. The van der Waals surface area contributed by atoms with Crippen LogP contribution in [0.4, 0.5) is 0 Å². The van der Waals surface area contributed by atoms with Gasteiger partial charge in [0.25, 0.3) is 0 Å². The van der Waals surface area contributed by atoms with Crippen LogP contribution in [0.25, 0.3) is 21.5 Å². The van der Waals surface area contributed by atoms with Crippen LogP contribution in [0.3, 0.4) is 0 Å². The van der Waals surface area contributed by atoms with E-state index in [9.17, 15) is 15.0 Å². The standard InChI is InChI=1S/C25H28O4/c1-23(2,3)13-25(14-24(25,4)5)22(28)29-21-16-9-7-6-8-15(16)12-18-17(21)10-11-19(26)20(18)27/h6-12,26-27H,13-14H2,1-5H3. The van der Waals surface area contributed by atoms with Crippen LogP contribution < -0.4 is 4.74 Å². The predicted octanol–water partition coefficient (Wildman–Crippen LogP) is 6.16. The Hall–Kier alpha value is -2.75. The van der Waals surface area contributed by atoms with Gasteiger partial charge in [-0.05, 0) is 47.3 Å². The van der Waals surface area contributed by atoms with Crippen molar-refractivity contribution >= 4 is 27.5 Å². The quantitative estimate of drug-likeness (QED) is 0.242. The van der Waals surface area contributed by atoms with Crippen LogP contribution in [0.5, 0.6) is 17.2 Å². The van der Waals surface area contributed by atoms with Gasteiger partial charge in [0, 0.05) is 16.2 Å². The van der Waals surface area contributed by atoms with E-state index in [-0.39, 0.29) is 28.3 Å². The number of carbonyl (C=O) groups excluding carboxylic acids is 1. The van der Waals surface area contributed by atoms with Crippen molar-refractivity contribution in [2.75, 3.05) is 0 Å². The highest BCUT2D eigenvalue weighted by molar-refractivity contribution is 6.09. The Balaban J connectivity index is 1.87. The van der Waals surface area contributed by atoms with Crippen LogP contribution in [0.15, 0.2) is 42.5 Å². The van der Waals surface area contributed by atoms with E-state index >= 15 is 0 Å². The first-order valence-electron chi connectivity index (χ1n) is 10.0. The number of hydrogen-bond donors (Lipinski definition) is 2. The van der Waals surface area contributed by atoms with E-state index in [1.807, 2.05) is 30.3 Å². The maximum Gasteiger partial charge on any atom is 0.318 e. The summed E-state index contributed by atoms with van der Waals surface area (Å²) >= 11 is 0. The number of phenolic OH excluding ortho intramolecular Hbond substituents is 2. The normalized spacial score (nSPS) is 20.7. The van der Waals surface area contributed by atoms with E-state index in [4.69, 9.17) is 4.74 Å². The molecule has 4 nitrogen and oxygen atoms in total. The Morgan fingerprint density at radius 3 is 2.31 bits per heavy atom. The molecule has 0 saturated heterocycles. The highest BCUT2D eigenvalue weighted by Gasteiger charge is 2.68. The van der Waals surface area contributed by atoms with Gasteiger partial charge in [0.05, 0.1) is 5.41 Å². The molecule has 1 unspecified atom stereocenters. The highest BCUT2D eigenvalue weighted by atomic mass is 16.5. The molecule has 0 heterocycles. The number of hydrogen-bond acceptors (Lipinski definition) is 4. The maximum absolute atomic E-state index is 13.5. The number of aromatic hydroxyl groups is 2. The van der Waals surface area contributed by atoms with Gasteiger partial charge < -0.3 is 14.9 Å². The second-order valence-corrected chi connectivity index (χ2v) is 10.2. The summed E-state index contributed by atoms with van der Waals surface area (Å²) in [6.07, 6.45) is 1.55. The van der Waals surface area contributed by atoms with Crippen molar-refractivity contribution in [3.63, 3.8) is 0 Å². The fraction of sp³-hybridized carbons (Fsp3) is 0.400. The Labute approximate surface area is 171 Å². The van der Waals surface area contributed by atoms with Gasteiger partial charge in [-0.2, -0.15) is 0 Å². The Bertz CT molecular complexity index is 1140. The van der Waals surface area contributed by atoms with Crippen LogP contribution >= 0.6 is 0 Å². The SMILES string of the molecule is CC(C)(C)CC1(C(=O)Oc2c3ccccc3cc3c(O)c(O)ccc23)CC1(C)C. The minimum atomic E-state index is -0.520. The van der Waals surface area contributed by atoms with Crippen molar-refractivity contribution in [3.05, 3.63) is 42.5 Å². The number of phenols is 2. The van der Waals surface area contributed by atoms with Gasteiger partial charge in [0.2, 0.25) is 0 Å². The van der Waals surface area contributed by atoms with E-state index in [2.05, 4.69) is 34.6 Å². The lowest BCUT2D eigenvalue weighted by molar-refractivity contribution is -0.143. The minimum absolute atomic E-state index is 0.00231. The van der Waals surface area contributed by atoms with Gasteiger partial charge in [0.15, 0.2) is 11.5 Å². The predicted molar refractivity (Wildman–Crippen MR) is 115 cm³/mol. The zero-order valence-electron chi connectivity index (χ0n) is 17.7. The van der Waals surface area contributed by atoms with Crippen LogP contribution in [-0.2, 0) is 4.79 Å². The second-order valence-electron chi connectivity index (χ2n) is 10.2. The molecule has 1 aliphatic rings. The molecule has 0 aromatic heterocycles. The molecule has 2 N–H and O–H groups in total. The number of ether oxygens (including phenoxy) is 1. The van der Waals surface area contributed by atoms with Gasteiger partial charge in [-0.1, -0.05) is 58.9 Å². The third-order valence-electron chi connectivity index (χ3n) is 6.28. The molecule has 0 amide bonds. The maximum atomic E-state index is 13.5. The largest absolute Gasteiger partial charge is 0.504 e. The number of carbonyl (C=O) groups is 1. The molecule has 0 radical (unpaired) electrons. The molecule has 29 heavy (non-hydrogen) atoms. The molecule has 1 aliphatic carbocycles. The average Bonchev–Trinajstić information content (AvgIpc) is 3.18. The smallest absolute Gasteiger partial charge is 0.318 e. The Kier molecular flexibility index (Phi) is 4.13. The fourth-order valence-electron chi connectivity index (χ4n) is 4.71. The Morgan fingerprint density at radius 2 is 1.69 bits per heavy atom. The number of benzene rings is 3.